The molecule has 0 aromatic heterocycles. The number of carbonyl (C=O) groups excluding carboxylic acids is 3. The molecule has 2 aliphatic rings. The first kappa shape index (κ1) is 25.0. The molecule has 8 heteroatoms. The minimum atomic E-state index is -0.967. The van der Waals surface area contributed by atoms with Gasteiger partial charge in [0.15, 0.2) is 5.78 Å². The van der Waals surface area contributed by atoms with E-state index in [0.29, 0.717) is 34.7 Å². The second-order valence-corrected chi connectivity index (χ2v) is 8.92. The lowest BCUT2D eigenvalue weighted by Gasteiger charge is -2.38. The number of nitrogens with one attached hydrogen (secondary N) is 1. The molecule has 0 saturated heterocycles. The number of para-hydroxylation sites is 1. The fraction of sp³-hybridized carbons (Fsp3) is 0.321. The lowest BCUT2D eigenvalue weighted by Crippen LogP contribution is -2.43. The topological polar surface area (TPSA) is 111 Å². The summed E-state index contributed by atoms with van der Waals surface area (Å²) in [6, 6.07) is 15.5. The molecule has 36 heavy (non-hydrogen) atoms. The van der Waals surface area contributed by atoms with E-state index < -0.39 is 23.8 Å². The molecule has 0 spiro atoms. The first-order valence-corrected chi connectivity index (χ1v) is 11.8. The number of ether oxygens (including phenoxy) is 3. The number of benzene rings is 2. The highest BCUT2D eigenvalue weighted by Crippen LogP contribution is 2.45. The van der Waals surface area contributed by atoms with Gasteiger partial charge in [0.1, 0.15) is 30.6 Å². The van der Waals surface area contributed by atoms with Gasteiger partial charge in [0.25, 0.3) is 0 Å². The van der Waals surface area contributed by atoms with Crippen molar-refractivity contribution in [1.29, 1.82) is 0 Å². The van der Waals surface area contributed by atoms with E-state index in [9.17, 15) is 19.5 Å². The molecule has 3 atom stereocenters. The number of phenolic OH excluding ortho intramolecular Hbond substituents is 1. The quantitative estimate of drug-likeness (QED) is 0.343. The summed E-state index contributed by atoms with van der Waals surface area (Å²) in [5.74, 6) is -2.86. The first-order chi connectivity index (χ1) is 17.3. The van der Waals surface area contributed by atoms with E-state index in [4.69, 9.17) is 14.2 Å². The van der Waals surface area contributed by atoms with Gasteiger partial charge in [0.05, 0.1) is 12.7 Å². The highest BCUT2D eigenvalue weighted by molar-refractivity contribution is 6.12. The second-order valence-electron chi connectivity index (χ2n) is 8.92. The van der Waals surface area contributed by atoms with Gasteiger partial charge in [-0.1, -0.05) is 37.3 Å². The van der Waals surface area contributed by atoms with Gasteiger partial charge in [-0.25, -0.2) is 4.79 Å². The van der Waals surface area contributed by atoms with Gasteiger partial charge in [-0.3, -0.25) is 9.59 Å². The number of rotatable bonds is 7. The molecule has 1 heterocycles. The van der Waals surface area contributed by atoms with Gasteiger partial charge in [-0.05, 0) is 49.1 Å². The Balaban J connectivity index is 1.63. The first-order valence-electron chi connectivity index (χ1n) is 11.8. The number of carbonyl (C=O) groups is 3. The molecule has 1 aliphatic heterocycles. The molecule has 1 aliphatic carbocycles. The summed E-state index contributed by atoms with van der Waals surface area (Å²) in [5, 5.41) is 13.0. The maximum atomic E-state index is 13.7. The number of methoxy groups -OCH3 is 1. The fourth-order valence-corrected chi connectivity index (χ4v) is 4.84. The van der Waals surface area contributed by atoms with Crippen molar-refractivity contribution in [3.8, 4) is 11.5 Å². The lowest BCUT2D eigenvalue weighted by atomic mass is 9.69. The van der Waals surface area contributed by atoms with Crippen LogP contribution in [0, 0.1) is 11.8 Å². The van der Waals surface area contributed by atoms with Crippen molar-refractivity contribution < 1.29 is 33.7 Å². The van der Waals surface area contributed by atoms with Crippen LogP contribution in [-0.4, -0.2) is 43.2 Å². The number of hydrogen-bond donors (Lipinski definition) is 2. The zero-order valence-corrected chi connectivity index (χ0v) is 20.4. The number of Topliss-reactive ketones (excluding diaryl/α,β-unsaturated/α-hetero) is 1. The molecule has 8 nitrogen and oxygen atoms in total. The van der Waals surface area contributed by atoms with E-state index in [-0.39, 0.29) is 36.2 Å². The van der Waals surface area contributed by atoms with Crippen molar-refractivity contribution >= 4 is 17.7 Å². The fourth-order valence-electron chi connectivity index (χ4n) is 4.84. The smallest absolute Gasteiger partial charge is 0.336 e. The van der Waals surface area contributed by atoms with Crippen LogP contribution < -0.4 is 10.1 Å². The Bertz CT molecular complexity index is 1210. The van der Waals surface area contributed by atoms with Crippen molar-refractivity contribution in [3.63, 3.8) is 0 Å². The largest absolute Gasteiger partial charge is 0.508 e. The van der Waals surface area contributed by atoms with E-state index in [0.717, 1.165) is 0 Å². The van der Waals surface area contributed by atoms with Gasteiger partial charge in [-0.15, -0.1) is 0 Å². The number of allylic oxidation sites excluding steroid dienone is 3. The van der Waals surface area contributed by atoms with Crippen LogP contribution in [0.5, 0.6) is 11.5 Å². The Labute approximate surface area is 209 Å². The maximum absolute atomic E-state index is 13.7. The van der Waals surface area contributed by atoms with E-state index in [2.05, 4.69) is 5.32 Å². The zero-order valence-electron chi connectivity index (χ0n) is 20.4. The summed E-state index contributed by atoms with van der Waals surface area (Å²) >= 11 is 0. The van der Waals surface area contributed by atoms with Gasteiger partial charge in [-0.2, -0.15) is 0 Å². The predicted octanol–water partition coefficient (Wildman–Crippen LogP) is 3.63. The molecule has 0 fully saturated rings. The van der Waals surface area contributed by atoms with Gasteiger partial charge < -0.3 is 24.6 Å². The second kappa shape index (κ2) is 10.7. The normalized spacial score (nSPS) is 21.4. The minimum absolute atomic E-state index is 0.00841. The van der Waals surface area contributed by atoms with Crippen molar-refractivity contribution in [2.75, 3.05) is 20.3 Å². The molecule has 0 amide bonds. The Morgan fingerprint density at radius 1 is 1.06 bits per heavy atom. The number of aromatic hydroxyl groups is 1. The third-order valence-electron chi connectivity index (χ3n) is 6.52. The average Bonchev–Trinajstić information content (AvgIpc) is 2.86. The van der Waals surface area contributed by atoms with Crippen molar-refractivity contribution in [2.45, 2.75) is 26.2 Å². The van der Waals surface area contributed by atoms with Crippen LogP contribution in [0.15, 0.2) is 77.1 Å². The van der Waals surface area contributed by atoms with Gasteiger partial charge >= 0.3 is 11.9 Å². The predicted molar refractivity (Wildman–Crippen MR) is 131 cm³/mol. The number of hydrogen-bond acceptors (Lipinski definition) is 8. The summed E-state index contributed by atoms with van der Waals surface area (Å²) in [6.45, 7) is 3.76. The van der Waals surface area contributed by atoms with E-state index >= 15 is 0 Å². The Morgan fingerprint density at radius 3 is 2.42 bits per heavy atom. The molecule has 4 rings (SSSR count). The zero-order chi connectivity index (χ0) is 25.8. The highest BCUT2D eigenvalue weighted by Gasteiger charge is 2.47. The van der Waals surface area contributed by atoms with Gasteiger partial charge in [0.2, 0.25) is 0 Å². The van der Waals surface area contributed by atoms with Crippen molar-refractivity contribution in [1.82, 2.24) is 5.32 Å². The summed E-state index contributed by atoms with van der Waals surface area (Å²) < 4.78 is 16.1. The van der Waals surface area contributed by atoms with E-state index in [1.807, 2.05) is 37.3 Å². The monoisotopic (exact) mass is 491 g/mol. The van der Waals surface area contributed by atoms with E-state index in [1.165, 1.54) is 19.2 Å². The maximum Gasteiger partial charge on any atom is 0.336 e. The lowest BCUT2D eigenvalue weighted by molar-refractivity contribution is -0.151. The highest BCUT2D eigenvalue weighted by atomic mass is 16.6. The summed E-state index contributed by atoms with van der Waals surface area (Å²) in [7, 11) is 1.26. The number of phenols is 1. The molecule has 188 valence electrons. The molecular weight excluding hydrogens is 462 g/mol. The summed E-state index contributed by atoms with van der Waals surface area (Å²) in [6.07, 6.45) is 0.444. The molecular formula is C28H29NO7. The van der Waals surface area contributed by atoms with Crippen molar-refractivity contribution in [3.05, 3.63) is 82.7 Å². The Morgan fingerprint density at radius 2 is 1.75 bits per heavy atom. The minimum Gasteiger partial charge on any atom is -0.508 e. The van der Waals surface area contributed by atoms with Crippen LogP contribution in [0.1, 0.15) is 31.7 Å². The average molecular weight is 492 g/mol. The van der Waals surface area contributed by atoms with E-state index in [1.54, 1.807) is 19.1 Å². The van der Waals surface area contributed by atoms with Crippen LogP contribution >= 0.6 is 0 Å². The van der Waals surface area contributed by atoms with Gasteiger partial charge in [0, 0.05) is 22.9 Å². The van der Waals surface area contributed by atoms with Crippen LogP contribution in [-0.2, 0) is 23.9 Å². The molecule has 0 unspecified atom stereocenters. The SMILES string of the molecule is COC(=O)[C@@H]1C(=O)C2=C(C[C@@H]1C)NC(C)=C(C(=O)OCCOc1ccccc1)[C@H]2c1ccc(O)cc1. The Hall–Kier alpha value is -4.07. The summed E-state index contributed by atoms with van der Waals surface area (Å²) in [5.41, 5.74) is 2.47. The molecule has 0 radical (unpaired) electrons. The summed E-state index contributed by atoms with van der Waals surface area (Å²) in [4.78, 5) is 39.5. The molecule has 0 saturated carbocycles. The Kier molecular flexibility index (Phi) is 7.43. The van der Waals surface area contributed by atoms with Crippen LogP contribution in [0.3, 0.4) is 0 Å². The molecule has 2 aromatic carbocycles. The van der Waals surface area contributed by atoms with Crippen molar-refractivity contribution in [2.24, 2.45) is 11.8 Å². The number of ketones is 1. The third kappa shape index (κ3) is 4.98. The third-order valence-corrected chi connectivity index (χ3v) is 6.52. The standard InChI is InChI=1S/C28H29NO7/c1-16-15-21-25(26(31)22(16)27(32)34-3)24(18-9-11-19(30)12-10-18)23(17(2)29-21)28(33)36-14-13-35-20-7-5-4-6-8-20/h4-12,16,22,24,29-30H,13-15H2,1-3H3/t16-,22-,24+/m0/s1. The van der Waals surface area contributed by atoms with Crippen LogP contribution in [0.2, 0.25) is 0 Å². The number of dihydropyridines is 1. The molecule has 2 N–H and O–H groups in total. The molecule has 0 bridgehead atoms. The van der Waals surface area contributed by atoms with Crippen LogP contribution in [0.4, 0.5) is 0 Å². The number of esters is 2. The molecule has 2 aromatic rings. The van der Waals surface area contributed by atoms with Crippen LogP contribution in [0.25, 0.3) is 0 Å².